The summed E-state index contributed by atoms with van der Waals surface area (Å²) in [6.07, 6.45) is 52.8. The first-order valence-corrected chi connectivity index (χ1v) is 27.7. The lowest BCUT2D eigenvalue weighted by atomic mass is 9.99. The molecule has 71 heavy (non-hydrogen) atoms. The van der Waals surface area contributed by atoms with Crippen LogP contribution < -0.4 is 5.32 Å². The van der Waals surface area contributed by atoms with Gasteiger partial charge in [-0.25, -0.2) is 0 Å². The second-order valence-electron chi connectivity index (χ2n) is 18.7. The van der Waals surface area contributed by atoms with Crippen LogP contribution in [0.4, 0.5) is 0 Å². The maximum Gasteiger partial charge on any atom is 0.306 e. The Bertz CT molecular complexity index is 1560. The largest absolute Gasteiger partial charge is 0.454 e. The van der Waals surface area contributed by atoms with E-state index in [0.717, 1.165) is 83.5 Å². The molecule has 8 unspecified atom stereocenters. The Kier molecular flexibility index (Phi) is 43.6. The number of esters is 1. The Morgan fingerprint density at radius 1 is 0.577 bits per heavy atom. The van der Waals surface area contributed by atoms with Crippen LogP contribution in [0.25, 0.3) is 0 Å². The molecule has 0 bridgehead atoms. The van der Waals surface area contributed by atoms with Gasteiger partial charge in [0.05, 0.1) is 25.4 Å². The molecule has 0 aromatic heterocycles. The third-order valence-corrected chi connectivity index (χ3v) is 12.3. The van der Waals surface area contributed by atoms with Gasteiger partial charge in [0.15, 0.2) is 12.4 Å². The van der Waals surface area contributed by atoms with Gasteiger partial charge in [0.1, 0.15) is 24.4 Å². The average molecular weight is 994 g/mol. The lowest BCUT2D eigenvalue weighted by Gasteiger charge is -2.41. The fourth-order valence-corrected chi connectivity index (χ4v) is 7.83. The van der Waals surface area contributed by atoms with E-state index in [9.17, 15) is 35.1 Å². The maximum atomic E-state index is 13.3. The molecule has 6 N–H and O–H groups in total. The molecule has 1 aliphatic rings. The number of nitrogens with one attached hydrogen (secondary N) is 1. The molecule has 11 nitrogen and oxygen atoms in total. The molecule has 1 fully saturated rings. The highest BCUT2D eigenvalue weighted by Gasteiger charge is 2.47. The minimum Gasteiger partial charge on any atom is -0.454 e. The first kappa shape index (κ1) is 65.3. The summed E-state index contributed by atoms with van der Waals surface area (Å²) >= 11 is 0. The van der Waals surface area contributed by atoms with Crippen molar-refractivity contribution in [2.75, 3.05) is 13.2 Å². The van der Waals surface area contributed by atoms with Crippen LogP contribution in [0.1, 0.15) is 194 Å². The van der Waals surface area contributed by atoms with Crippen molar-refractivity contribution in [2.45, 2.75) is 243 Å². The summed E-state index contributed by atoms with van der Waals surface area (Å²) in [6.45, 7) is 5.53. The van der Waals surface area contributed by atoms with Crippen molar-refractivity contribution in [1.29, 1.82) is 0 Å². The molecule has 8 atom stereocenters. The van der Waals surface area contributed by atoms with E-state index < -0.39 is 67.4 Å². The van der Waals surface area contributed by atoms with Gasteiger partial charge in [-0.15, -0.1) is 0 Å². The highest BCUT2D eigenvalue weighted by atomic mass is 16.7. The van der Waals surface area contributed by atoms with E-state index in [4.69, 9.17) is 14.2 Å². The summed E-state index contributed by atoms with van der Waals surface area (Å²) < 4.78 is 17.5. The number of amides is 1. The van der Waals surface area contributed by atoms with E-state index in [1.807, 2.05) is 54.7 Å². The van der Waals surface area contributed by atoms with Crippen molar-refractivity contribution in [3.63, 3.8) is 0 Å². The number of ether oxygens (including phenoxy) is 3. The van der Waals surface area contributed by atoms with Crippen LogP contribution in [0, 0.1) is 0 Å². The molecule has 0 aromatic rings. The number of hydrogen-bond donors (Lipinski definition) is 6. The Morgan fingerprint density at radius 3 is 1.68 bits per heavy atom. The zero-order valence-corrected chi connectivity index (χ0v) is 44.3. The number of unbranched alkanes of at least 4 members (excludes halogenated alkanes) is 17. The molecular weight excluding hydrogens is 895 g/mol. The number of rotatable bonds is 44. The number of carbonyl (C=O) groups is 2. The monoisotopic (exact) mass is 994 g/mol. The molecule has 404 valence electrons. The van der Waals surface area contributed by atoms with Crippen molar-refractivity contribution >= 4 is 11.9 Å². The highest BCUT2D eigenvalue weighted by molar-refractivity contribution is 5.80. The van der Waals surface area contributed by atoms with E-state index in [2.05, 4.69) is 74.7 Å². The van der Waals surface area contributed by atoms with E-state index in [1.54, 1.807) is 6.08 Å². The lowest BCUT2D eigenvalue weighted by Crippen LogP contribution is -2.61. The molecule has 1 aliphatic heterocycles. The predicted octanol–water partition coefficient (Wildman–Crippen LogP) is 12.2. The number of aliphatic hydroxyl groups is 5. The van der Waals surface area contributed by atoms with Gasteiger partial charge in [0.25, 0.3) is 0 Å². The zero-order valence-electron chi connectivity index (χ0n) is 44.3. The summed E-state index contributed by atoms with van der Waals surface area (Å²) in [5, 5.41) is 56.7. The first-order valence-electron chi connectivity index (χ1n) is 27.7. The summed E-state index contributed by atoms with van der Waals surface area (Å²) in [5.41, 5.74) is 0. The van der Waals surface area contributed by atoms with Gasteiger partial charge in [-0.05, 0) is 83.5 Å². The van der Waals surface area contributed by atoms with Crippen LogP contribution in [-0.2, 0) is 23.8 Å². The average Bonchev–Trinajstić information content (AvgIpc) is 3.37. The van der Waals surface area contributed by atoms with Crippen LogP contribution >= 0.6 is 0 Å². The molecule has 11 heteroatoms. The summed E-state index contributed by atoms with van der Waals surface area (Å²) in [5.74, 6) is -1.29. The fraction of sp³-hybridized carbons (Fsp3) is 0.667. The summed E-state index contributed by atoms with van der Waals surface area (Å²) in [4.78, 5) is 26.4. The smallest absolute Gasteiger partial charge is 0.306 e. The molecule has 1 rings (SSSR count). The van der Waals surface area contributed by atoms with Gasteiger partial charge in [0, 0.05) is 6.42 Å². The molecule has 0 aromatic carbocycles. The Labute approximate surface area is 430 Å². The van der Waals surface area contributed by atoms with Gasteiger partial charge in [0.2, 0.25) is 5.91 Å². The van der Waals surface area contributed by atoms with Gasteiger partial charge in [-0.1, -0.05) is 214 Å². The Balaban J connectivity index is 2.80. The number of carbonyl (C=O) groups excluding carboxylic acids is 2. The van der Waals surface area contributed by atoms with Crippen molar-refractivity contribution in [3.8, 4) is 0 Å². The van der Waals surface area contributed by atoms with Crippen LogP contribution in [0.5, 0.6) is 0 Å². The second-order valence-corrected chi connectivity index (χ2v) is 18.7. The topological polar surface area (TPSA) is 175 Å². The molecule has 0 spiro atoms. The fourth-order valence-electron chi connectivity index (χ4n) is 7.83. The first-order chi connectivity index (χ1) is 34.7. The minimum absolute atomic E-state index is 0.0385. The number of allylic oxidation sites excluding steroid dienone is 17. The molecule has 0 radical (unpaired) electrons. The molecule has 0 aliphatic carbocycles. The third-order valence-electron chi connectivity index (χ3n) is 12.3. The van der Waals surface area contributed by atoms with Crippen molar-refractivity contribution < 1.29 is 49.3 Å². The lowest BCUT2D eigenvalue weighted by molar-refractivity contribution is -0.305. The van der Waals surface area contributed by atoms with Gasteiger partial charge in [-0.2, -0.15) is 0 Å². The normalized spacial score (nSPS) is 20.5. The quantitative estimate of drug-likeness (QED) is 0.0149. The highest BCUT2D eigenvalue weighted by Crippen LogP contribution is 2.26. The van der Waals surface area contributed by atoms with Crippen LogP contribution in [0.3, 0.4) is 0 Å². The second kappa shape index (κ2) is 47.3. The van der Waals surface area contributed by atoms with E-state index in [-0.39, 0.29) is 19.4 Å². The Morgan fingerprint density at radius 2 is 1.07 bits per heavy atom. The molecule has 1 saturated heterocycles. The SMILES string of the molecule is CC/C=C/C=C/C=C/C=C\CCCCCCC(O)C(=O)NC(COC1OC(CO)C(O)C(O)C1OC(=O)CCC/C=C\C/C=C\C/C=C\C/C=C\CCCCC)C(O)/C=C/CCCCCCCCCCC. The van der Waals surface area contributed by atoms with E-state index >= 15 is 0 Å². The third kappa shape index (κ3) is 36.0. The zero-order chi connectivity index (χ0) is 51.8. The standard InChI is InChI=1S/C60H99NO10/c1-4-7-10-13-16-19-22-24-26-27-28-30-33-36-39-42-45-48-55(65)71-58-57(67)56(66)54(49-62)70-60(58)69-50-51(52(63)46-43-40-37-34-31-21-18-15-12-9-6-3)61-59(68)53(64)47-44-41-38-35-32-29-25-23-20-17-14-11-8-5-2/h8,11,14,16-17,19-20,23-26,28-30,36,39,43,46,51-54,56-58,60,62-64,66-67H,4-7,9-10,12-13,15,18,21-22,27,31-35,37-38,40-42,44-45,47-50H2,1-3H3,(H,61,68)/b11-8+,17-14+,19-16-,23-20+,26-24-,29-25-,30-28-,39-36-,46-43+. The van der Waals surface area contributed by atoms with E-state index in [1.165, 1.54) is 57.8 Å². The van der Waals surface area contributed by atoms with Crippen molar-refractivity contribution in [1.82, 2.24) is 5.32 Å². The summed E-state index contributed by atoms with van der Waals surface area (Å²) in [6, 6.07) is -1.05. The summed E-state index contributed by atoms with van der Waals surface area (Å²) in [7, 11) is 0. The van der Waals surface area contributed by atoms with Crippen LogP contribution in [-0.4, -0.2) is 99.6 Å². The van der Waals surface area contributed by atoms with Gasteiger partial charge >= 0.3 is 5.97 Å². The molecule has 0 saturated carbocycles. The number of hydrogen-bond acceptors (Lipinski definition) is 10. The molecule has 1 amide bonds. The maximum absolute atomic E-state index is 13.3. The molecule has 1 heterocycles. The van der Waals surface area contributed by atoms with Gasteiger partial charge in [-0.3, -0.25) is 9.59 Å². The van der Waals surface area contributed by atoms with Gasteiger partial charge < -0.3 is 45.1 Å². The Hall–Kier alpha value is -3.68. The van der Waals surface area contributed by atoms with Crippen LogP contribution in [0.15, 0.2) is 109 Å². The number of aliphatic hydroxyl groups excluding tert-OH is 5. The van der Waals surface area contributed by atoms with Crippen molar-refractivity contribution in [2.24, 2.45) is 0 Å². The predicted molar refractivity (Wildman–Crippen MR) is 291 cm³/mol. The molecular formula is C60H99NO10. The van der Waals surface area contributed by atoms with Crippen molar-refractivity contribution in [3.05, 3.63) is 109 Å². The van der Waals surface area contributed by atoms with E-state index in [0.29, 0.717) is 19.3 Å². The van der Waals surface area contributed by atoms with Crippen LogP contribution in [0.2, 0.25) is 0 Å². The minimum atomic E-state index is -1.65.